The molecule has 0 spiro atoms. The lowest BCUT2D eigenvalue weighted by atomic mass is 10.1. The minimum absolute atomic E-state index is 0.0102. The predicted molar refractivity (Wildman–Crippen MR) is 99.6 cm³/mol. The molecule has 2 amide bonds. The van der Waals surface area contributed by atoms with Gasteiger partial charge in [-0.1, -0.05) is 60.4 Å². The molecule has 1 fully saturated rings. The van der Waals surface area contributed by atoms with Crippen LogP contribution in [0.4, 0.5) is 5.13 Å². The molecule has 6 nitrogen and oxygen atoms in total. The zero-order valence-corrected chi connectivity index (χ0v) is 15.8. The zero-order chi connectivity index (χ0) is 17.8. The molecule has 1 N–H and O–H groups in total. The summed E-state index contributed by atoms with van der Waals surface area (Å²) in [5.41, 5.74) is 1.07. The number of nitrogens with zero attached hydrogens (tertiary/aromatic N) is 3. The van der Waals surface area contributed by atoms with Gasteiger partial charge in [0.25, 0.3) is 0 Å². The van der Waals surface area contributed by atoms with Crippen LogP contribution < -0.4 is 5.32 Å². The monoisotopic (exact) mass is 376 g/mol. The number of hydrogen-bond donors (Lipinski definition) is 1. The van der Waals surface area contributed by atoms with E-state index in [1.54, 1.807) is 16.7 Å². The maximum Gasteiger partial charge on any atom is 0.231 e. The average molecular weight is 377 g/mol. The summed E-state index contributed by atoms with van der Waals surface area (Å²) in [5, 5.41) is 11.3. The normalized spacial score (nSPS) is 18.4. The highest BCUT2D eigenvalue weighted by Gasteiger charge is 2.37. The number of anilines is 1. The second kappa shape index (κ2) is 7.97. The van der Waals surface area contributed by atoms with Crippen molar-refractivity contribution in [2.75, 3.05) is 17.6 Å². The average Bonchev–Trinajstić information content (AvgIpc) is 3.22. The van der Waals surface area contributed by atoms with Gasteiger partial charge in [-0.3, -0.25) is 9.59 Å². The van der Waals surface area contributed by atoms with Crippen molar-refractivity contribution < 1.29 is 9.59 Å². The molecule has 0 aliphatic carbocycles. The van der Waals surface area contributed by atoms with E-state index in [-0.39, 0.29) is 30.2 Å². The van der Waals surface area contributed by atoms with Gasteiger partial charge in [-0.15, -0.1) is 10.2 Å². The number of nitrogens with one attached hydrogen (secondary N) is 1. The van der Waals surface area contributed by atoms with Crippen molar-refractivity contribution >= 4 is 40.0 Å². The van der Waals surface area contributed by atoms with Crippen LogP contribution in [0.1, 0.15) is 31.9 Å². The molecule has 1 aliphatic heterocycles. The fraction of sp³-hybridized carbons (Fsp3) is 0.412. The maximum atomic E-state index is 12.5. The molecule has 2 atom stereocenters. The summed E-state index contributed by atoms with van der Waals surface area (Å²) in [6.45, 7) is 4.46. The Morgan fingerprint density at radius 3 is 2.88 bits per heavy atom. The molecule has 1 aromatic carbocycles. The fourth-order valence-corrected chi connectivity index (χ4v) is 4.49. The molecule has 0 unspecified atom stereocenters. The molecule has 2 heterocycles. The van der Waals surface area contributed by atoms with Gasteiger partial charge >= 0.3 is 0 Å². The summed E-state index contributed by atoms with van der Waals surface area (Å²) < 4.78 is 0.833. The lowest BCUT2D eigenvalue weighted by Crippen LogP contribution is -2.30. The van der Waals surface area contributed by atoms with Gasteiger partial charge in [0.15, 0.2) is 4.34 Å². The first-order valence-electron chi connectivity index (χ1n) is 8.20. The highest BCUT2D eigenvalue weighted by molar-refractivity contribution is 8.01. The largest absolute Gasteiger partial charge is 0.335 e. The second-order valence-electron chi connectivity index (χ2n) is 5.83. The standard InChI is InChI=1S/C17H20N4O2S2/c1-3-24-17-20-19-16(25-17)18-15(23)13-9-14(22)21(10-13)11(2)12-7-5-4-6-8-12/h4-8,11,13H,3,9-10H2,1-2H3,(H,18,19,23)/t11-,13+/m1/s1. The predicted octanol–water partition coefficient (Wildman–Crippen LogP) is 3.20. The van der Waals surface area contributed by atoms with E-state index in [1.165, 1.54) is 11.3 Å². The minimum atomic E-state index is -0.357. The smallest absolute Gasteiger partial charge is 0.231 e. The van der Waals surface area contributed by atoms with E-state index in [1.807, 2.05) is 44.2 Å². The molecular formula is C17H20N4O2S2. The van der Waals surface area contributed by atoms with Crippen molar-refractivity contribution in [3.8, 4) is 0 Å². The first kappa shape index (κ1) is 17.9. The molecule has 132 valence electrons. The molecule has 3 rings (SSSR count). The number of likely N-dealkylation sites (tertiary alicyclic amines) is 1. The molecule has 8 heteroatoms. The van der Waals surface area contributed by atoms with Crippen LogP contribution in [0.25, 0.3) is 0 Å². The van der Waals surface area contributed by atoms with Crippen LogP contribution in [-0.4, -0.2) is 39.2 Å². The maximum absolute atomic E-state index is 12.5. The van der Waals surface area contributed by atoms with Crippen molar-refractivity contribution in [1.29, 1.82) is 0 Å². The number of amides is 2. The number of rotatable bonds is 6. The lowest BCUT2D eigenvalue weighted by Gasteiger charge is -2.25. The van der Waals surface area contributed by atoms with Crippen molar-refractivity contribution in [2.24, 2.45) is 5.92 Å². The number of carbonyl (C=O) groups is 2. The van der Waals surface area contributed by atoms with Gasteiger partial charge in [0.2, 0.25) is 16.9 Å². The molecule has 1 aromatic heterocycles. The Balaban J connectivity index is 1.62. The van der Waals surface area contributed by atoms with E-state index < -0.39 is 0 Å². The fourth-order valence-electron chi connectivity index (χ4n) is 2.84. The van der Waals surface area contributed by atoms with Gasteiger partial charge in [0.05, 0.1) is 12.0 Å². The van der Waals surface area contributed by atoms with Crippen LogP contribution in [0, 0.1) is 5.92 Å². The summed E-state index contributed by atoms with van der Waals surface area (Å²) in [6, 6.07) is 9.82. The van der Waals surface area contributed by atoms with E-state index in [9.17, 15) is 9.59 Å². The van der Waals surface area contributed by atoms with E-state index in [0.29, 0.717) is 11.7 Å². The molecule has 2 aromatic rings. The second-order valence-corrected chi connectivity index (χ2v) is 8.32. The highest BCUT2D eigenvalue weighted by atomic mass is 32.2. The van der Waals surface area contributed by atoms with E-state index >= 15 is 0 Å². The molecular weight excluding hydrogens is 356 g/mol. The Hall–Kier alpha value is -1.93. The summed E-state index contributed by atoms with van der Waals surface area (Å²) in [4.78, 5) is 26.6. The first-order chi connectivity index (χ1) is 12.1. The van der Waals surface area contributed by atoms with Crippen LogP contribution in [-0.2, 0) is 9.59 Å². The Bertz CT molecular complexity index is 750. The van der Waals surface area contributed by atoms with Crippen LogP contribution in [0.5, 0.6) is 0 Å². The molecule has 25 heavy (non-hydrogen) atoms. The summed E-state index contributed by atoms with van der Waals surface area (Å²) in [7, 11) is 0. The molecule has 1 saturated heterocycles. The van der Waals surface area contributed by atoms with Crippen molar-refractivity contribution in [1.82, 2.24) is 15.1 Å². The Labute approximate surface area is 155 Å². The molecule has 1 aliphatic rings. The zero-order valence-electron chi connectivity index (χ0n) is 14.1. The SMILES string of the molecule is CCSc1nnc(NC(=O)[C@H]2CC(=O)N([C@H](C)c3ccccc3)C2)s1. The number of carbonyl (C=O) groups excluding carboxylic acids is 2. The van der Waals surface area contributed by atoms with Gasteiger partial charge in [-0.05, 0) is 18.2 Å². The molecule has 0 saturated carbocycles. The van der Waals surface area contributed by atoms with Gasteiger partial charge in [0.1, 0.15) is 0 Å². The number of aromatic nitrogens is 2. The van der Waals surface area contributed by atoms with Gasteiger partial charge in [-0.2, -0.15) is 0 Å². The summed E-state index contributed by atoms with van der Waals surface area (Å²) in [5.74, 6) is 0.396. The van der Waals surface area contributed by atoms with E-state index in [0.717, 1.165) is 15.7 Å². The first-order valence-corrected chi connectivity index (χ1v) is 10.00. The lowest BCUT2D eigenvalue weighted by molar-refractivity contribution is -0.129. The minimum Gasteiger partial charge on any atom is -0.335 e. The van der Waals surface area contributed by atoms with Crippen molar-refractivity contribution in [3.63, 3.8) is 0 Å². The van der Waals surface area contributed by atoms with Crippen molar-refractivity contribution in [2.45, 2.75) is 30.6 Å². The Morgan fingerprint density at radius 2 is 2.16 bits per heavy atom. The van der Waals surface area contributed by atoms with Crippen LogP contribution in [0.2, 0.25) is 0 Å². The summed E-state index contributed by atoms with van der Waals surface area (Å²) in [6.07, 6.45) is 0.235. The third-order valence-electron chi connectivity index (χ3n) is 4.18. The van der Waals surface area contributed by atoms with Crippen molar-refractivity contribution in [3.05, 3.63) is 35.9 Å². The van der Waals surface area contributed by atoms with Gasteiger partial charge in [-0.25, -0.2) is 0 Å². The number of benzene rings is 1. The third-order valence-corrected chi connectivity index (χ3v) is 6.04. The van der Waals surface area contributed by atoms with Gasteiger partial charge in [0, 0.05) is 13.0 Å². The summed E-state index contributed by atoms with van der Waals surface area (Å²) >= 11 is 2.95. The van der Waals surface area contributed by atoms with E-state index in [4.69, 9.17) is 0 Å². The molecule has 0 bridgehead atoms. The number of thioether (sulfide) groups is 1. The quantitative estimate of drug-likeness (QED) is 0.619. The van der Waals surface area contributed by atoms with Crippen LogP contribution in [0.15, 0.2) is 34.7 Å². The van der Waals surface area contributed by atoms with Crippen LogP contribution >= 0.6 is 23.1 Å². The number of hydrogen-bond acceptors (Lipinski definition) is 6. The van der Waals surface area contributed by atoms with Crippen LogP contribution in [0.3, 0.4) is 0 Å². The Morgan fingerprint density at radius 1 is 1.40 bits per heavy atom. The van der Waals surface area contributed by atoms with E-state index in [2.05, 4.69) is 15.5 Å². The molecule has 0 radical (unpaired) electrons. The van der Waals surface area contributed by atoms with Gasteiger partial charge < -0.3 is 10.2 Å². The topological polar surface area (TPSA) is 75.2 Å². The third kappa shape index (κ3) is 4.19. The highest BCUT2D eigenvalue weighted by Crippen LogP contribution is 2.30. The Kier molecular flexibility index (Phi) is 5.70.